The SMILES string of the molecule is CC(=O)OCCCc1ccc(C(=O)Nc2sc(Nc3ccc4ccccc4c3)nc2C(N)=O)cc1. The number of nitrogens with two attached hydrogens (primary N) is 1. The highest BCUT2D eigenvalue weighted by atomic mass is 32.1. The normalized spacial score (nSPS) is 10.7. The van der Waals surface area contributed by atoms with Crippen LogP contribution in [0.25, 0.3) is 10.8 Å². The van der Waals surface area contributed by atoms with Crippen molar-refractivity contribution < 1.29 is 19.1 Å². The van der Waals surface area contributed by atoms with E-state index in [9.17, 15) is 14.4 Å². The van der Waals surface area contributed by atoms with Gasteiger partial charge in [-0.15, -0.1) is 0 Å². The van der Waals surface area contributed by atoms with Crippen LogP contribution >= 0.6 is 11.3 Å². The van der Waals surface area contributed by atoms with Gasteiger partial charge in [-0.05, 0) is 53.4 Å². The topological polar surface area (TPSA) is 123 Å². The highest BCUT2D eigenvalue weighted by molar-refractivity contribution is 7.20. The van der Waals surface area contributed by atoms with Gasteiger partial charge in [-0.25, -0.2) is 4.98 Å². The number of carbonyl (C=O) groups is 3. The number of amides is 2. The molecule has 1 heterocycles. The number of carbonyl (C=O) groups excluding carboxylic acids is 3. The van der Waals surface area contributed by atoms with Crippen LogP contribution in [0.5, 0.6) is 0 Å². The van der Waals surface area contributed by atoms with Gasteiger partial charge in [0.2, 0.25) is 0 Å². The van der Waals surface area contributed by atoms with E-state index in [-0.39, 0.29) is 22.6 Å². The lowest BCUT2D eigenvalue weighted by Gasteiger charge is -2.06. The first-order valence-electron chi connectivity index (χ1n) is 11.0. The molecular formula is C26H24N4O4S. The van der Waals surface area contributed by atoms with Crippen molar-refractivity contribution in [2.45, 2.75) is 19.8 Å². The molecule has 0 aliphatic rings. The van der Waals surface area contributed by atoms with Gasteiger partial charge in [0, 0.05) is 18.2 Å². The molecule has 0 fully saturated rings. The van der Waals surface area contributed by atoms with Crippen molar-refractivity contribution in [3.63, 3.8) is 0 Å². The standard InChI is InChI=1S/C26H24N4O4S/c1-16(31)34-14-4-5-17-8-10-19(11-9-17)24(33)30-25-22(23(27)32)29-26(35-25)28-21-13-12-18-6-2-3-7-20(18)15-21/h2-3,6-13,15H,4-5,14H2,1H3,(H2,27,32)(H,28,29)(H,30,33). The molecule has 2 amide bonds. The predicted octanol–water partition coefficient (Wildman–Crippen LogP) is 4.89. The highest BCUT2D eigenvalue weighted by Crippen LogP contribution is 2.31. The molecule has 0 bridgehead atoms. The summed E-state index contributed by atoms with van der Waals surface area (Å²) in [7, 11) is 0. The van der Waals surface area contributed by atoms with Crippen LogP contribution in [0.15, 0.2) is 66.7 Å². The van der Waals surface area contributed by atoms with Crippen LogP contribution in [0.4, 0.5) is 15.8 Å². The van der Waals surface area contributed by atoms with Crippen LogP contribution in [0.1, 0.15) is 39.8 Å². The molecule has 0 aliphatic heterocycles. The number of primary amides is 1. The number of hydrogen-bond donors (Lipinski definition) is 3. The van der Waals surface area contributed by atoms with Gasteiger partial charge < -0.3 is 21.1 Å². The fourth-order valence-corrected chi connectivity index (χ4v) is 4.39. The molecule has 0 radical (unpaired) electrons. The molecule has 1 aromatic heterocycles. The molecule has 35 heavy (non-hydrogen) atoms. The van der Waals surface area contributed by atoms with Gasteiger partial charge in [0.1, 0.15) is 5.00 Å². The lowest BCUT2D eigenvalue weighted by molar-refractivity contribution is -0.141. The molecule has 178 valence electrons. The summed E-state index contributed by atoms with van der Waals surface area (Å²) >= 11 is 1.13. The van der Waals surface area contributed by atoms with E-state index in [2.05, 4.69) is 15.6 Å². The zero-order valence-corrected chi connectivity index (χ0v) is 19.9. The number of hydrogen-bond acceptors (Lipinski definition) is 7. The summed E-state index contributed by atoms with van der Waals surface area (Å²) < 4.78 is 4.93. The van der Waals surface area contributed by atoms with Crippen LogP contribution in [-0.2, 0) is 16.0 Å². The lowest BCUT2D eigenvalue weighted by Crippen LogP contribution is -2.17. The minimum Gasteiger partial charge on any atom is -0.466 e. The molecule has 0 unspecified atom stereocenters. The van der Waals surface area contributed by atoms with Gasteiger partial charge in [0.05, 0.1) is 6.61 Å². The first-order valence-corrected chi connectivity index (χ1v) is 11.8. The highest BCUT2D eigenvalue weighted by Gasteiger charge is 2.19. The molecule has 9 heteroatoms. The second kappa shape index (κ2) is 10.8. The number of benzene rings is 3. The van der Waals surface area contributed by atoms with E-state index in [4.69, 9.17) is 10.5 Å². The molecule has 8 nitrogen and oxygen atoms in total. The maximum atomic E-state index is 12.8. The van der Waals surface area contributed by atoms with Crippen molar-refractivity contribution in [2.24, 2.45) is 5.73 Å². The number of fused-ring (bicyclic) bond motifs is 1. The summed E-state index contributed by atoms with van der Waals surface area (Å²) in [5.41, 5.74) is 7.75. The average Bonchev–Trinajstić information content (AvgIpc) is 3.24. The molecule has 4 N–H and O–H groups in total. The van der Waals surface area contributed by atoms with E-state index in [0.29, 0.717) is 23.7 Å². The van der Waals surface area contributed by atoms with Crippen molar-refractivity contribution in [1.82, 2.24) is 4.98 Å². The molecule has 4 rings (SSSR count). The van der Waals surface area contributed by atoms with Gasteiger partial charge in [0.15, 0.2) is 10.8 Å². The fraction of sp³-hybridized carbons (Fsp3) is 0.154. The molecule has 0 saturated carbocycles. The fourth-order valence-electron chi connectivity index (χ4n) is 3.51. The maximum Gasteiger partial charge on any atom is 0.302 e. The quantitative estimate of drug-likeness (QED) is 0.228. The van der Waals surface area contributed by atoms with Gasteiger partial charge >= 0.3 is 5.97 Å². The van der Waals surface area contributed by atoms with Gasteiger partial charge in [0.25, 0.3) is 11.8 Å². The molecule has 3 aromatic carbocycles. The zero-order chi connectivity index (χ0) is 24.8. The summed E-state index contributed by atoms with van der Waals surface area (Å²) in [6.45, 7) is 1.73. The van der Waals surface area contributed by atoms with Crippen LogP contribution in [-0.4, -0.2) is 29.4 Å². The van der Waals surface area contributed by atoms with Crippen LogP contribution in [0.2, 0.25) is 0 Å². The van der Waals surface area contributed by atoms with Crippen LogP contribution < -0.4 is 16.4 Å². The van der Waals surface area contributed by atoms with Crippen LogP contribution in [0, 0.1) is 0 Å². The molecule has 0 aliphatic carbocycles. The Labute approximate surface area is 206 Å². The summed E-state index contributed by atoms with van der Waals surface area (Å²) in [4.78, 5) is 39.8. The Morgan fingerprint density at radius 2 is 1.74 bits per heavy atom. The van der Waals surface area contributed by atoms with E-state index in [0.717, 1.165) is 39.8 Å². The number of nitrogens with zero attached hydrogens (tertiary/aromatic N) is 1. The Bertz CT molecular complexity index is 1380. The Kier molecular flexibility index (Phi) is 7.37. The number of thiazole rings is 1. The average molecular weight is 489 g/mol. The number of esters is 1. The molecular weight excluding hydrogens is 464 g/mol. The Morgan fingerprint density at radius 1 is 1.00 bits per heavy atom. The second-order valence-electron chi connectivity index (χ2n) is 7.84. The van der Waals surface area contributed by atoms with Gasteiger partial charge in [-0.3, -0.25) is 14.4 Å². The smallest absolute Gasteiger partial charge is 0.302 e. The number of ether oxygens (including phenoxy) is 1. The molecule has 4 aromatic rings. The minimum atomic E-state index is -0.730. The molecule has 0 atom stereocenters. The number of anilines is 3. The largest absolute Gasteiger partial charge is 0.466 e. The predicted molar refractivity (Wildman–Crippen MR) is 137 cm³/mol. The monoisotopic (exact) mass is 488 g/mol. The van der Waals surface area contributed by atoms with Gasteiger partial charge in [-0.1, -0.05) is 53.8 Å². The second-order valence-corrected chi connectivity index (χ2v) is 8.84. The third kappa shape index (κ3) is 6.21. The summed E-state index contributed by atoms with van der Waals surface area (Å²) in [5, 5.41) is 8.81. The van der Waals surface area contributed by atoms with E-state index in [1.165, 1.54) is 6.92 Å². The van der Waals surface area contributed by atoms with Crippen molar-refractivity contribution >= 4 is 55.7 Å². The van der Waals surface area contributed by atoms with Crippen molar-refractivity contribution in [2.75, 3.05) is 17.2 Å². The van der Waals surface area contributed by atoms with Crippen molar-refractivity contribution in [3.8, 4) is 0 Å². The first-order chi connectivity index (χ1) is 16.9. The molecule has 0 spiro atoms. The van der Waals surface area contributed by atoms with Gasteiger partial charge in [-0.2, -0.15) is 0 Å². The lowest BCUT2D eigenvalue weighted by atomic mass is 10.1. The Hall–Kier alpha value is -4.24. The summed E-state index contributed by atoms with van der Waals surface area (Å²) in [5.74, 6) is -1.41. The van der Waals surface area contributed by atoms with Crippen molar-refractivity contribution in [3.05, 3.63) is 83.6 Å². The number of nitrogens with one attached hydrogen (secondary N) is 2. The zero-order valence-electron chi connectivity index (χ0n) is 19.0. The number of aryl methyl sites for hydroxylation is 1. The van der Waals surface area contributed by atoms with E-state index in [1.807, 2.05) is 54.6 Å². The van der Waals surface area contributed by atoms with E-state index < -0.39 is 5.91 Å². The van der Waals surface area contributed by atoms with E-state index in [1.54, 1.807) is 12.1 Å². The maximum absolute atomic E-state index is 12.8. The van der Waals surface area contributed by atoms with Crippen LogP contribution in [0.3, 0.4) is 0 Å². The molecule has 0 saturated heterocycles. The first kappa shape index (κ1) is 23.9. The number of rotatable bonds is 9. The number of aromatic nitrogens is 1. The third-order valence-electron chi connectivity index (χ3n) is 5.22. The minimum absolute atomic E-state index is 0.00580. The van der Waals surface area contributed by atoms with Crippen molar-refractivity contribution in [1.29, 1.82) is 0 Å². The summed E-state index contributed by atoms with van der Waals surface area (Å²) in [6.07, 6.45) is 1.42. The van der Waals surface area contributed by atoms with E-state index >= 15 is 0 Å². The summed E-state index contributed by atoms with van der Waals surface area (Å²) in [6, 6.07) is 21.0. The Balaban J connectivity index is 1.44. The Morgan fingerprint density at radius 3 is 2.46 bits per heavy atom. The third-order valence-corrected chi connectivity index (χ3v) is 6.11.